The Bertz CT molecular complexity index is 318. The van der Waals surface area contributed by atoms with Crippen molar-refractivity contribution in [1.29, 1.82) is 0 Å². The van der Waals surface area contributed by atoms with Crippen LogP contribution in [0.2, 0.25) is 0 Å². The van der Waals surface area contributed by atoms with Crippen LogP contribution in [0.15, 0.2) is 30.3 Å². The summed E-state index contributed by atoms with van der Waals surface area (Å²) < 4.78 is 1.30. The average molecular weight is 288 g/mol. The van der Waals surface area contributed by atoms with Crippen molar-refractivity contribution in [1.82, 2.24) is 0 Å². The Hall–Kier alpha value is 0.0334. The van der Waals surface area contributed by atoms with Crippen molar-refractivity contribution in [3.63, 3.8) is 0 Å². The molecule has 0 saturated heterocycles. The van der Waals surface area contributed by atoms with Crippen LogP contribution in [-0.4, -0.2) is 4.11 Å². The Morgan fingerprint density at radius 2 is 1.58 bits per heavy atom. The molecule has 66 valence electrons. The third kappa shape index (κ3) is 2.04. The molecule has 1 aromatic carbocycles. The second-order valence-corrected chi connectivity index (χ2v) is 3.19. The van der Waals surface area contributed by atoms with Crippen LogP contribution in [-0.2, 0) is 17.9 Å². The third-order valence-corrected chi connectivity index (χ3v) is 2.37. The third-order valence-electron chi connectivity index (χ3n) is 1.62. The van der Waals surface area contributed by atoms with Crippen molar-refractivity contribution < 1.29 is 17.9 Å². The number of halogens is 2. The molecule has 0 aliphatic heterocycles. The number of hydrogen-bond acceptors (Lipinski definition) is 0. The molecule has 0 unspecified atom stereocenters. The minimum atomic E-state index is 0. The number of rotatable bonds is 0. The molecule has 0 bridgehead atoms. The molecule has 0 heterocycles. The van der Waals surface area contributed by atoms with Crippen LogP contribution in [0, 0.1) is 0 Å². The molecule has 1 aliphatic rings. The normalized spacial score (nSPS) is 11.6. The zero-order valence-electron chi connectivity index (χ0n) is 6.13. The van der Waals surface area contributed by atoms with Gasteiger partial charge in [-0.05, 0) is 0 Å². The zero-order valence-corrected chi connectivity index (χ0v) is 9.51. The first-order valence-electron chi connectivity index (χ1n) is 3.16. The van der Waals surface area contributed by atoms with Crippen LogP contribution in [0.3, 0.4) is 0 Å². The molecule has 0 fully saturated rings. The number of fused-ring (bicyclic) bond motifs is 1. The maximum absolute atomic E-state index is 2.64. The van der Waals surface area contributed by atoms with Gasteiger partial charge >= 0.3 is 69.5 Å². The summed E-state index contributed by atoms with van der Waals surface area (Å²) in [5.74, 6) is 0. The Morgan fingerprint density at radius 3 is 2.25 bits per heavy atom. The van der Waals surface area contributed by atoms with Crippen LogP contribution in [0.1, 0.15) is 11.1 Å². The van der Waals surface area contributed by atoms with Crippen LogP contribution in [0.5, 0.6) is 0 Å². The van der Waals surface area contributed by atoms with Gasteiger partial charge in [0.1, 0.15) is 0 Å². The molecular weight excluding hydrogens is 280 g/mol. The predicted octanol–water partition coefficient (Wildman–Crippen LogP) is 2.62. The molecule has 0 radical (unpaired) electrons. The number of hydrogen-bond donors (Lipinski definition) is 0. The average Bonchev–Trinajstić information content (AvgIpc) is 2.34. The number of allylic oxidation sites excluding steroid dienone is 1. The summed E-state index contributed by atoms with van der Waals surface area (Å²) in [5, 5.41) is 0. The van der Waals surface area contributed by atoms with Crippen molar-refractivity contribution >= 4 is 35.0 Å². The van der Waals surface area contributed by atoms with Crippen LogP contribution in [0.25, 0.3) is 6.08 Å². The molecule has 0 N–H and O–H groups in total. The van der Waals surface area contributed by atoms with E-state index in [4.69, 9.17) is 0 Å². The van der Waals surface area contributed by atoms with E-state index in [1.807, 2.05) is 0 Å². The number of benzene rings is 1. The molecule has 0 amide bonds. The van der Waals surface area contributed by atoms with Gasteiger partial charge in [0, 0.05) is 0 Å². The van der Waals surface area contributed by atoms with E-state index in [9.17, 15) is 0 Å². The second kappa shape index (κ2) is 4.91. The van der Waals surface area contributed by atoms with Gasteiger partial charge in [0.2, 0.25) is 0 Å². The van der Waals surface area contributed by atoms with Gasteiger partial charge < -0.3 is 0 Å². The van der Waals surface area contributed by atoms with E-state index in [0.717, 1.165) is 0 Å². The van der Waals surface area contributed by atoms with Crippen molar-refractivity contribution in [2.24, 2.45) is 0 Å². The molecule has 0 spiro atoms. The first-order chi connectivity index (χ1) is 4.88. The molecule has 1 aliphatic carbocycles. The summed E-state index contributed by atoms with van der Waals surface area (Å²) in [6.07, 6.45) is 4.27. The van der Waals surface area contributed by atoms with Gasteiger partial charge in [-0.25, -0.2) is 0 Å². The predicted molar refractivity (Wildman–Crippen MR) is 54.1 cm³/mol. The first-order valence-corrected chi connectivity index (χ1v) is 4.03. The Labute approximate surface area is 94.1 Å². The zero-order chi connectivity index (χ0) is 6.97. The second-order valence-electron chi connectivity index (χ2n) is 2.26. The van der Waals surface area contributed by atoms with Crippen LogP contribution in [0.4, 0.5) is 0 Å². The fourth-order valence-electron chi connectivity index (χ4n) is 1.10. The summed E-state index contributed by atoms with van der Waals surface area (Å²) >= 11 is 2.64. The topological polar surface area (TPSA) is 0 Å². The maximum atomic E-state index is 2.64. The van der Waals surface area contributed by atoms with Gasteiger partial charge in [-0.2, -0.15) is 0 Å². The SMILES string of the molecule is Cl.Cl.[Ru]=[C]1C=Cc2ccccc21. The summed E-state index contributed by atoms with van der Waals surface area (Å²) in [6, 6.07) is 8.40. The van der Waals surface area contributed by atoms with Crippen molar-refractivity contribution in [3.05, 3.63) is 41.5 Å². The van der Waals surface area contributed by atoms with Crippen molar-refractivity contribution in [3.8, 4) is 0 Å². The van der Waals surface area contributed by atoms with E-state index in [1.54, 1.807) is 0 Å². The van der Waals surface area contributed by atoms with Crippen molar-refractivity contribution in [2.75, 3.05) is 0 Å². The monoisotopic (exact) mass is 288 g/mol. The van der Waals surface area contributed by atoms with Crippen LogP contribution >= 0.6 is 24.8 Å². The molecule has 0 aromatic heterocycles. The molecular formula is C9H8Cl2Ru. The molecule has 2 rings (SSSR count). The van der Waals surface area contributed by atoms with Gasteiger partial charge in [-0.1, -0.05) is 0 Å². The van der Waals surface area contributed by atoms with Gasteiger partial charge in [-0.3, -0.25) is 0 Å². The van der Waals surface area contributed by atoms with Gasteiger partial charge in [0.25, 0.3) is 0 Å². The summed E-state index contributed by atoms with van der Waals surface area (Å²) in [7, 11) is 0. The summed E-state index contributed by atoms with van der Waals surface area (Å²) in [6.45, 7) is 0. The van der Waals surface area contributed by atoms with E-state index in [-0.39, 0.29) is 24.8 Å². The molecule has 3 heteroatoms. The Morgan fingerprint density at radius 1 is 0.917 bits per heavy atom. The molecule has 0 atom stereocenters. The molecule has 0 saturated carbocycles. The van der Waals surface area contributed by atoms with E-state index < -0.39 is 0 Å². The molecule has 1 aromatic rings. The fraction of sp³-hybridized carbons (Fsp3) is 0. The van der Waals surface area contributed by atoms with E-state index in [0.29, 0.717) is 0 Å². The van der Waals surface area contributed by atoms with Gasteiger partial charge in [0.15, 0.2) is 0 Å². The van der Waals surface area contributed by atoms with E-state index in [2.05, 4.69) is 54.3 Å². The molecule has 12 heavy (non-hydrogen) atoms. The van der Waals surface area contributed by atoms with Gasteiger partial charge in [0.05, 0.1) is 0 Å². The molecule has 0 nitrogen and oxygen atoms in total. The van der Waals surface area contributed by atoms with Crippen LogP contribution < -0.4 is 0 Å². The first kappa shape index (κ1) is 12.0. The fourth-order valence-corrected chi connectivity index (χ4v) is 1.65. The standard InChI is InChI=1S/C9H6.2ClH.Ru/c1-2-5-9-7-3-6-8(9)4-1;;;/h1-6H;2*1H;. The van der Waals surface area contributed by atoms with Gasteiger partial charge in [-0.15, -0.1) is 24.8 Å². The summed E-state index contributed by atoms with van der Waals surface area (Å²) in [5.41, 5.74) is 2.68. The Kier molecular flexibility index (Phi) is 4.93. The Balaban J connectivity index is 0.000000605. The van der Waals surface area contributed by atoms with E-state index in [1.165, 1.54) is 15.2 Å². The summed E-state index contributed by atoms with van der Waals surface area (Å²) in [4.78, 5) is 0. The quantitative estimate of drug-likeness (QED) is 0.644. The van der Waals surface area contributed by atoms with Crippen molar-refractivity contribution in [2.45, 2.75) is 0 Å². The minimum absolute atomic E-state index is 0. The van der Waals surface area contributed by atoms with E-state index >= 15 is 0 Å².